The number of rotatable bonds is 3. The first-order valence-electron chi connectivity index (χ1n) is 7.23. The number of hydrogen-bond donors (Lipinski definition) is 2. The summed E-state index contributed by atoms with van der Waals surface area (Å²) < 4.78 is 0. The maximum absolute atomic E-state index is 11.0. The molecular weight excluding hydrogens is 270 g/mol. The van der Waals surface area contributed by atoms with E-state index in [2.05, 4.69) is 31.0 Å². The summed E-state index contributed by atoms with van der Waals surface area (Å²) in [5.74, 6) is 0.124. The standard InChI is InChI=1S/C15H23N3O3/c1-15(2,3)14(17-8-6-16-7-9-17)12-10-11(18(20)21)4-5-13(12)19/h4-5,10,14,16,19H,6-9H2,1-3H3/t14-/m0/s1. The van der Waals surface area contributed by atoms with E-state index in [-0.39, 0.29) is 22.9 Å². The lowest BCUT2D eigenvalue weighted by molar-refractivity contribution is -0.385. The van der Waals surface area contributed by atoms with Gasteiger partial charge in [0.1, 0.15) is 5.75 Å². The molecule has 0 spiro atoms. The minimum absolute atomic E-state index is 0.0205. The topological polar surface area (TPSA) is 78.6 Å². The fourth-order valence-corrected chi connectivity index (χ4v) is 3.03. The third-order valence-electron chi connectivity index (χ3n) is 3.85. The van der Waals surface area contributed by atoms with Crippen LogP contribution in [0.25, 0.3) is 0 Å². The second kappa shape index (κ2) is 5.99. The summed E-state index contributed by atoms with van der Waals surface area (Å²) in [6.07, 6.45) is 0. The minimum Gasteiger partial charge on any atom is -0.508 e. The van der Waals surface area contributed by atoms with Gasteiger partial charge in [0.05, 0.1) is 4.92 Å². The Kier molecular flexibility index (Phi) is 4.49. The molecule has 0 unspecified atom stereocenters. The second-order valence-corrected chi connectivity index (χ2v) is 6.55. The lowest BCUT2D eigenvalue weighted by Gasteiger charge is -2.42. The molecule has 6 nitrogen and oxygen atoms in total. The number of piperazine rings is 1. The van der Waals surface area contributed by atoms with Crippen molar-refractivity contribution in [1.82, 2.24) is 10.2 Å². The highest BCUT2D eigenvalue weighted by atomic mass is 16.6. The van der Waals surface area contributed by atoms with Gasteiger partial charge in [-0.3, -0.25) is 15.0 Å². The summed E-state index contributed by atoms with van der Waals surface area (Å²) in [4.78, 5) is 12.9. The summed E-state index contributed by atoms with van der Waals surface area (Å²) in [6, 6.07) is 4.22. The highest BCUT2D eigenvalue weighted by Gasteiger charge is 2.35. The Labute approximate surface area is 124 Å². The number of non-ortho nitro benzene ring substituents is 1. The SMILES string of the molecule is CC(C)(C)[C@H](c1cc([N+](=O)[O-])ccc1O)N1CCNCC1. The number of benzene rings is 1. The van der Waals surface area contributed by atoms with Crippen LogP contribution in [0, 0.1) is 15.5 Å². The highest BCUT2D eigenvalue weighted by Crippen LogP contribution is 2.42. The first-order valence-corrected chi connectivity index (χ1v) is 7.23. The van der Waals surface area contributed by atoms with Gasteiger partial charge >= 0.3 is 0 Å². The maximum Gasteiger partial charge on any atom is 0.270 e. The molecule has 0 radical (unpaired) electrons. The molecule has 0 aliphatic carbocycles. The van der Waals surface area contributed by atoms with E-state index in [0.717, 1.165) is 26.2 Å². The van der Waals surface area contributed by atoms with Crippen LogP contribution in [0.15, 0.2) is 18.2 Å². The molecule has 1 saturated heterocycles. The van der Waals surface area contributed by atoms with Gasteiger partial charge in [-0.25, -0.2) is 0 Å². The zero-order chi connectivity index (χ0) is 15.6. The lowest BCUT2D eigenvalue weighted by Crippen LogP contribution is -2.48. The second-order valence-electron chi connectivity index (χ2n) is 6.55. The van der Waals surface area contributed by atoms with E-state index in [1.807, 2.05) is 0 Å². The molecule has 1 fully saturated rings. The molecule has 1 aromatic rings. The molecule has 1 aromatic carbocycles. The third-order valence-corrected chi connectivity index (χ3v) is 3.85. The van der Waals surface area contributed by atoms with E-state index >= 15 is 0 Å². The van der Waals surface area contributed by atoms with E-state index in [9.17, 15) is 15.2 Å². The van der Waals surface area contributed by atoms with Crippen molar-refractivity contribution in [3.05, 3.63) is 33.9 Å². The van der Waals surface area contributed by atoms with Gasteiger partial charge in [-0.1, -0.05) is 20.8 Å². The molecule has 116 valence electrons. The number of phenolic OH excluding ortho intramolecular Hbond substituents is 1. The Morgan fingerprint density at radius 1 is 1.33 bits per heavy atom. The van der Waals surface area contributed by atoms with Crippen LogP contribution in [0.1, 0.15) is 32.4 Å². The van der Waals surface area contributed by atoms with E-state index in [1.165, 1.54) is 18.2 Å². The van der Waals surface area contributed by atoms with Crippen LogP contribution < -0.4 is 5.32 Å². The molecule has 1 heterocycles. The van der Waals surface area contributed by atoms with Crippen LogP contribution in [0.4, 0.5) is 5.69 Å². The molecule has 21 heavy (non-hydrogen) atoms. The van der Waals surface area contributed by atoms with Crippen LogP contribution in [-0.4, -0.2) is 41.1 Å². The number of aromatic hydroxyl groups is 1. The molecule has 0 saturated carbocycles. The summed E-state index contributed by atoms with van der Waals surface area (Å²) in [6.45, 7) is 9.80. The van der Waals surface area contributed by atoms with Crippen molar-refractivity contribution >= 4 is 5.69 Å². The van der Waals surface area contributed by atoms with Gasteiger partial charge in [-0.05, 0) is 11.5 Å². The van der Waals surface area contributed by atoms with Crippen molar-refractivity contribution in [2.45, 2.75) is 26.8 Å². The van der Waals surface area contributed by atoms with Crippen molar-refractivity contribution in [2.75, 3.05) is 26.2 Å². The summed E-state index contributed by atoms with van der Waals surface area (Å²) in [5.41, 5.74) is 0.523. The fraction of sp³-hybridized carbons (Fsp3) is 0.600. The van der Waals surface area contributed by atoms with Gasteiger partial charge in [0.15, 0.2) is 0 Å². The quantitative estimate of drug-likeness (QED) is 0.660. The normalized spacial score (nSPS) is 18.4. The molecule has 2 rings (SSSR count). The molecule has 0 amide bonds. The Bertz CT molecular complexity index is 519. The van der Waals surface area contributed by atoms with Crippen molar-refractivity contribution in [1.29, 1.82) is 0 Å². The molecule has 0 aromatic heterocycles. The molecule has 1 atom stereocenters. The monoisotopic (exact) mass is 293 g/mol. The average Bonchev–Trinajstić information content (AvgIpc) is 2.40. The molecular formula is C15H23N3O3. The van der Waals surface area contributed by atoms with Gasteiger partial charge in [0.25, 0.3) is 5.69 Å². The number of phenols is 1. The largest absolute Gasteiger partial charge is 0.508 e. The van der Waals surface area contributed by atoms with Crippen LogP contribution >= 0.6 is 0 Å². The number of hydrogen-bond acceptors (Lipinski definition) is 5. The van der Waals surface area contributed by atoms with Gasteiger partial charge in [-0.15, -0.1) is 0 Å². The van der Waals surface area contributed by atoms with Crippen molar-refractivity contribution < 1.29 is 10.0 Å². The minimum atomic E-state index is -0.416. The Balaban J connectivity index is 2.45. The maximum atomic E-state index is 11.0. The highest BCUT2D eigenvalue weighted by molar-refractivity contribution is 5.45. The van der Waals surface area contributed by atoms with Crippen molar-refractivity contribution in [3.8, 4) is 5.75 Å². The predicted molar refractivity (Wildman–Crippen MR) is 81.4 cm³/mol. The smallest absolute Gasteiger partial charge is 0.270 e. The average molecular weight is 293 g/mol. The molecule has 6 heteroatoms. The van der Waals surface area contributed by atoms with E-state index in [1.54, 1.807) is 0 Å². The van der Waals surface area contributed by atoms with E-state index in [0.29, 0.717) is 5.56 Å². The number of nitro groups is 1. The zero-order valence-electron chi connectivity index (χ0n) is 12.8. The summed E-state index contributed by atoms with van der Waals surface area (Å²) >= 11 is 0. The first kappa shape index (κ1) is 15.7. The molecule has 2 N–H and O–H groups in total. The number of nitro benzene ring substituents is 1. The van der Waals surface area contributed by atoms with Gasteiger partial charge in [0.2, 0.25) is 0 Å². The Morgan fingerprint density at radius 3 is 2.48 bits per heavy atom. The lowest BCUT2D eigenvalue weighted by atomic mass is 9.80. The van der Waals surface area contributed by atoms with Gasteiger partial charge in [-0.2, -0.15) is 0 Å². The van der Waals surface area contributed by atoms with E-state index in [4.69, 9.17) is 0 Å². The molecule has 1 aliphatic heterocycles. The van der Waals surface area contributed by atoms with Crippen LogP contribution in [0.3, 0.4) is 0 Å². The third kappa shape index (κ3) is 3.51. The first-order chi connectivity index (χ1) is 9.80. The zero-order valence-corrected chi connectivity index (χ0v) is 12.8. The van der Waals surface area contributed by atoms with E-state index < -0.39 is 4.92 Å². The summed E-state index contributed by atoms with van der Waals surface area (Å²) in [5, 5.41) is 24.5. The van der Waals surface area contributed by atoms with Crippen LogP contribution in [-0.2, 0) is 0 Å². The Hall–Kier alpha value is -1.66. The van der Waals surface area contributed by atoms with Gasteiger partial charge in [0, 0.05) is 49.9 Å². The molecule has 0 bridgehead atoms. The predicted octanol–water partition coefficient (Wildman–Crippen LogP) is 2.29. The van der Waals surface area contributed by atoms with Crippen LogP contribution in [0.2, 0.25) is 0 Å². The fourth-order valence-electron chi connectivity index (χ4n) is 3.03. The van der Waals surface area contributed by atoms with Crippen molar-refractivity contribution in [3.63, 3.8) is 0 Å². The number of nitrogens with one attached hydrogen (secondary N) is 1. The Morgan fingerprint density at radius 2 is 1.95 bits per heavy atom. The summed E-state index contributed by atoms with van der Waals surface area (Å²) in [7, 11) is 0. The number of nitrogens with zero attached hydrogens (tertiary/aromatic N) is 2. The van der Waals surface area contributed by atoms with Crippen LogP contribution in [0.5, 0.6) is 5.75 Å². The van der Waals surface area contributed by atoms with Crippen molar-refractivity contribution in [2.24, 2.45) is 5.41 Å². The van der Waals surface area contributed by atoms with Gasteiger partial charge < -0.3 is 10.4 Å². The molecule has 1 aliphatic rings.